The summed E-state index contributed by atoms with van der Waals surface area (Å²) >= 11 is 0. The van der Waals surface area contributed by atoms with E-state index in [0.717, 1.165) is 28.9 Å². The van der Waals surface area contributed by atoms with Crippen LogP contribution in [0.4, 0.5) is 17.1 Å². The Morgan fingerprint density at radius 3 is 2.61 bits per heavy atom. The number of para-hydroxylation sites is 1. The number of carboxylic acids is 1. The van der Waals surface area contributed by atoms with Crippen LogP contribution in [0, 0.1) is 0 Å². The van der Waals surface area contributed by atoms with Crippen molar-refractivity contribution in [1.29, 1.82) is 0 Å². The van der Waals surface area contributed by atoms with Crippen molar-refractivity contribution < 1.29 is 23.1 Å². The molecule has 1 amide bonds. The van der Waals surface area contributed by atoms with Gasteiger partial charge in [-0.3, -0.25) is 14.3 Å². The van der Waals surface area contributed by atoms with Crippen LogP contribution < -0.4 is 15.0 Å². The smallest absolute Gasteiger partial charge is 0.309 e. The van der Waals surface area contributed by atoms with Gasteiger partial charge < -0.3 is 10.4 Å². The van der Waals surface area contributed by atoms with Gasteiger partial charge in [0.15, 0.2) is 0 Å². The van der Waals surface area contributed by atoms with Gasteiger partial charge in [-0.2, -0.15) is 10.1 Å². The average molecular weight is 442 g/mol. The first-order chi connectivity index (χ1) is 14.7. The lowest BCUT2D eigenvalue weighted by molar-refractivity contribution is -0.135. The molecule has 0 spiro atoms. The van der Waals surface area contributed by atoms with E-state index in [2.05, 4.69) is 15.1 Å². The van der Waals surface area contributed by atoms with Crippen LogP contribution in [-0.4, -0.2) is 37.4 Å². The number of rotatable bonds is 8. The molecule has 0 atom stereocenters. The highest BCUT2D eigenvalue weighted by Crippen LogP contribution is 2.27. The van der Waals surface area contributed by atoms with E-state index in [9.17, 15) is 23.1 Å². The Morgan fingerprint density at radius 2 is 1.94 bits per heavy atom. The van der Waals surface area contributed by atoms with E-state index in [4.69, 9.17) is 0 Å². The molecule has 3 rings (SSSR count). The predicted octanol–water partition coefficient (Wildman–Crippen LogP) is 2.79. The van der Waals surface area contributed by atoms with Crippen molar-refractivity contribution in [2.24, 2.45) is 5.10 Å². The van der Waals surface area contributed by atoms with Gasteiger partial charge in [-0.25, -0.2) is 8.42 Å². The number of hydrogen-bond donors (Lipinski definition) is 3. The van der Waals surface area contributed by atoms with Crippen LogP contribution in [0.25, 0.3) is 0 Å². The quantitative estimate of drug-likeness (QED) is 0.539. The number of carbonyl (C=O) groups is 2. The lowest BCUT2D eigenvalue weighted by Crippen LogP contribution is -2.22. The number of hydrazone groups is 1. The van der Waals surface area contributed by atoms with Crippen LogP contribution in [0.3, 0.4) is 0 Å². The summed E-state index contributed by atoms with van der Waals surface area (Å²) in [5.74, 6) is -1.64. The van der Waals surface area contributed by atoms with Crippen molar-refractivity contribution >= 4 is 44.7 Å². The Kier molecular flexibility index (Phi) is 6.40. The molecule has 0 saturated carbocycles. The molecule has 3 N–H and O–H groups in total. The van der Waals surface area contributed by atoms with Crippen LogP contribution in [0.1, 0.15) is 18.9 Å². The fraction of sp³-hybridized carbons (Fsp3) is 0.190. The third-order valence-electron chi connectivity index (χ3n) is 4.44. The number of carboxylic acid groups (broad SMARTS) is 1. The van der Waals surface area contributed by atoms with Crippen molar-refractivity contribution in [3.63, 3.8) is 0 Å². The molecule has 0 unspecified atom stereocenters. The Balaban J connectivity index is 1.94. The van der Waals surface area contributed by atoms with E-state index in [1.165, 1.54) is 18.3 Å². The second-order valence-electron chi connectivity index (χ2n) is 6.87. The SMILES string of the molecule is CCc1ccccc1N/C=C1/C(=O)N(c2cccc(NS(C)(=O)=O)c2)N=C1CC(=O)O. The number of carbonyl (C=O) groups excluding carboxylic acids is 1. The van der Waals surface area contributed by atoms with Crippen molar-refractivity contribution in [2.75, 3.05) is 21.3 Å². The van der Waals surface area contributed by atoms with Gasteiger partial charge in [-0.15, -0.1) is 0 Å². The largest absolute Gasteiger partial charge is 0.481 e. The number of aryl methyl sites for hydroxylation is 1. The number of aliphatic carboxylic acids is 1. The summed E-state index contributed by atoms with van der Waals surface area (Å²) in [5.41, 5.74) is 2.63. The summed E-state index contributed by atoms with van der Waals surface area (Å²) in [6.45, 7) is 2.00. The van der Waals surface area contributed by atoms with Crippen LogP contribution in [-0.2, 0) is 26.0 Å². The molecule has 2 aromatic rings. The summed E-state index contributed by atoms with van der Waals surface area (Å²) in [6.07, 6.45) is 2.82. The normalized spacial score (nSPS) is 15.2. The Morgan fingerprint density at radius 1 is 1.19 bits per heavy atom. The van der Waals surface area contributed by atoms with Gasteiger partial charge in [0, 0.05) is 11.9 Å². The van der Waals surface area contributed by atoms with Crippen LogP contribution in [0.5, 0.6) is 0 Å². The maximum Gasteiger partial charge on any atom is 0.309 e. The average Bonchev–Trinajstić information content (AvgIpc) is 3.00. The minimum atomic E-state index is -3.50. The lowest BCUT2D eigenvalue weighted by atomic mass is 10.1. The second kappa shape index (κ2) is 9.00. The van der Waals surface area contributed by atoms with Crippen LogP contribution in [0.2, 0.25) is 0 Å². The number of amides is 1. The van der Waals surface area contributed by atoms with E-state index < -0.39 is 28.3 Å². The number of anilines is 3. The summed E-state index contributed by atoms with van der Waals surface area (Å²) in [7, 11) is -3.50. The topological polar surface area (TPSA) is 128 Å². The third-order valence-corrected chi connectivity index (χ3v) is 5.04. The first-order valence-electron chi connectivity index (χ1n) is 9.44. The van der Waals surface area contributed by atoms with Crippen molar-refractivity contribution in [3.8, 4) is 0 Å². The number of sulfonamides is 1. The molecular formula is C21H22N4O5S. The fourth-order valence-corrected chi connectivity index (χ4v) is 3.64. The first-order valence-corrected chi connectivity index (χ1v) is 11.3. The minimum absolute atomic E-state index is 0.0976. The molecule has 0 bridgehead atoms. The highest BCUT2D eigenvalue weighted by atomic mass is 32.2. The van der Waals surface area contributed by atoms with E-state index in [-0.39, 0.29) is 17.0 Å². The predicted molar refractivity (Wildman–Crippen MR) is 120 cm³/mol. The fourth-order valence-electron chi connectivity index (χ4n) is 3.09. The molecule has 0 radical (unpaired) electrons. The molecule has 0 fully saturated rings. The maximum atomic E-state index is 13.0. The molecule has 1 aliphatic rings. The first kappa shape index (κ1) is 22.0. The van der Waals surface area contributed by atoms with E-state index in [0.29, 0.717) is 5.69 Å². The standard InChI is InChI=1S/C21H22N4O5S/c1-3-14-7-4-5-10-18(14)22-13-17-19(12-20(26)27)23-25(21(17)28)16-9-6-8-15(11-16)24-31(2,29)30/h4-11,13,22,24H,3,12H2,1-2H3,(H,26,27)/b17-13+. The van der Waals surface area contributed by atoms with Gasteiger partial charge in [0.25, 0.3) is 5.91 Å². The molecule has 0 saturated heterocycles. The summed E-state index contributed by atoms with van der Waals surface area (Å²) in [5, 5.41) is 17.6. The van der Waals surface area contributed by atoms with Crippen molar-refractivity contribution in [2.45, 2.75) is 19.8 Å². The molecule has 10 heteroatoms. The number of nitrogens with one attached hydrogen (secondary N) is 2. The molecule has 1 aliphatic heterocycles. The van der Waals surface area contributed by atoms with Gasteiger partial charge in [0.2, 0.25) is 10.0 Å². The van der Waals surface area contributed by atoms with Gasteiger partial charge >= 0.3 is 5.97 Å². The molecule has 162 valence electrons. The third kappa shape index (κ3) is 5.48. The van der Waals surface area contributed by atoms with Gasteiger partial charge in [-0.05, 0) is 36.2 Å². The molecule has 2 aromatic carbocycles. The second-order valence-corrected chi connectivity index (χ2v) is 8.62. The zero-order valence-corrected chi connectivity index (χ0v) is 17.8. The number of hydrogen-bond acceptors (Lipinski definition) is 6. The van der Waals surface area contributed by atoms with E-state index in [1.54, 1.807) is 12.1 Å². The van der Waals surface area contributed by atoms with Gasteiger partial charge in [0.05, 0.1) is 35.3 Å². The Hall–Kier alpha value is -3.66. The van der Waals surface area contributed by atoms with E-state index >= 15 is 0 Å². The number of benzene rings is 2. The zero-order valence-electron chi connectivity index (χ0n) is 17.0. The molecular weight excluding hydrogens is 420 g/mol. The summed E-state index contributed by atoms with van der Waals surface area (Å²) in [4.78, 5) is 24.3. The van der Waals surface area contributed by atoms with Gasteiger partial charge in [0.1, 0.15) is 0 Å². The van der Waals surface area contributed by atoms with Gasteiger partial charge in [-0.1, -0.05) is 31.2 Å². The molecule has 0 aliphatic carbocycles. The van der Waals surface area contributed by atoms with Crippen molar-refractivity contribution in [3.05, 3.63) is 65.9 Å². The Labute approximate surface area is 180 Å². The molecule has 1 heterocycles. The molecule has 9 nitrogen and oxygen atoms in total. The van der Waals surface area contributed by atoms with E-state index in [1.807, 2.05) is 31.2 Å². The highest BCUT2D eigenvalue weighted by molar-refractivity contribution is 7.92. The molecule has 0 aromatic heterocycles. The lowest BCUT2D eigenvalue weighted by Gasteiger charge is -2.13. The molecule has 31 heavy (non-hydrogen) atoms. The Bertz CT molecular complexity index is 1190. The summed E-state index contributed by atoms with van der Waals surface area (Å²) in [6, 6.07) is 13.7. The van der Waals surface area contributed by atoms with Crippen LogP contribution in [0.15, 0.2) is 65.4 Å². The highest BCUT2D eigenvalue weighted by Gasteiger charge is 2.32. The number of nitrogens with zero attached hydrogens (tertiary/aromatic N) is 2. The minimum Gasteiger partial charge on any atom is -0.481 e. The monoisotopic (exact) mass is 442 g/mol. The maximum absolute atomic E-state index is 13.0. The van der Waals surface area contributed by atoms with Crippen LogP contribution >= 0.6 is 0 Å². The van der Waals surface area contributed by atoms with Crippen molar-refractivity contribution in [1.82, 2.24) is 0 Å². The summed E-state index contributed by atoms with van der Waals surface area (Å²) < 4.78 is 25.3. The zero-order chi connectivity index (χ0) is 22.6.